The zero-order valence-electron chi connectivity index (χ0n) is 9.19. The van der Waals surface area contributed by atoms with Gasteiger partial charge in [0.05, 0.1) is 6.10 Å². The number of aryl methyl sites for hydroxylation is 2. The van der Waals surface area contributed by atoms with E-state index in [4.69, 9.17) is 4.74 Å². The van der Waals surface area contributed by atoms with E-state index < -0.39 is 0 Å². The van der Waals surface area contributed by atoms with Gasteiger partial charge < -0.3 is 9.30 Å². The minimum atomic E-state index is 0.0716. The summed E-state index contributed by atoms with van der Waals surface area (Å²) in [4.78, 5) is 11.5. The number of hydrogen-bond acceptors (Lipinski definition) is 2. The number of imidazole rings is 1. The molecule has 2 heterocycles. The third kappa shape index (κ3) is 2.50. The fraction of sp³-hybridized carbons (Fsp3) is 0.727. The van der Waals surface area contributed by atoms with Crippen LogP contribution in [-0.2, 0) is 18.3 Å². The lowest BCUT2D eigenvalue weighted by molar-refractivity contribution is 0.101. The molecule has 1 aliphatic heterocycles. The second-order valence-electron chi connectivity index (χ2n) is 4.16. The van der Waals surface area contributed by atoms with Gasteiger partial charge in [-0.25, -0.2) is 4.79 Å². The molecule has 0 radical (unpaired) electrons. The summed E-state index contributed by atoms with van der Waals surface area (Å²) in [6.45, 7) is 1.72. The van der Waals surface area contributed by atoms with E-state index in [2.05, 4.69) is 0 Å². The number of aromatic nitrogens is 2. The van der Waals surface area contributed by atoms with Crippen LogP contribution in [0.15, 0.2) is 17.2 Å². The third-order valence-corrected chi connectivity index (χ3v) is 2.97. The smallest absolute Gasteiger partial charge is 0.327 e. The Morgan fingerprint density at radius 3 is 3.00 bits per heavy atom. The van der Waals surface area contributed by atoms with Gasteiger partial charge in [0, 0.05) is 32.6 Å². The monoisotopic (exact) mass is 210 g/mol. The lowest BCUT2D eigenvalue weighted by Crippen LogP contribution is -2.22. The third-order valence-electron chi connectivity index (χ3n) is 2.97. The molecule has 0 aliphatic carbocycles. The van der Waals surface area contributed by atoms with Crippen LogP contribution in [0.5, 0.6) is 0 Å². The average Bonchev–Trinajstić information content (AvgIpc) is 2.83. The summed E-state index contributed by atoms with van der Waals surface area (Å²) in [5.41, 5.74) is 0.0716. The Hall–Kier alpha value is -1.03. The molecule has 0 spiro atoms. The standard InChI is InChI=1S/C11H18N2O2/c1-12-7-8-13(11(12)14)6-2-4-10-5-3-9-15-10/h7-8,10H,2-6,9H2,1H3. The van der Waals surface area contributed by atoms with E-state index in [9.17, 15) is 4.79 Å². The fourth-order valence-electron chi connectivity index (χ4n) is 2.04. The Labute approximate surface area is 89.5 Å². The first-order valence-corrected chi connectivity index (χ1v) is 5.61. The van der Waals surface area contributed by atoms with Crippen molar-refractivity contribution in [2.45, 2.75) is 38.3 Å². The maximum absolute atomic E-state index is 11.5. The van der Waals surface area contributed by atoms with Crippen molar-refractivity contribution in [1.29, 1.82) is 0 Å². The van der Waals surface area contributed by atoms with Crippen molar-refractivity contribution in [3.63, 3.8) is 0 Å². The summed E-state index contributed by atoms with van der Waals surface area (Å²) in [5.74, 6) is 0. The molecule has 0 aromatic carbocycles. The molecule has 1 aliphatic rings. The molecule has 0 saturated carbocycles. The molecule has 0 amide bonds. The Kier molecular flexibility index (Phi) is 3.26. The molecule has 2 rings (SSSR count). The van der Waals surface area contributed by atoms with Crippen LogP contribution in [-0.4, -0.2) is 21.8 Å². The molecule has 1 saturated heterocycles. The normalized spacial score (nSPS) is 21.0. The summed E-state index contributed by atoms with van der Waals surface area (Å²) >= 11 is 0. The van der Waals surface area contributed by atoms with Crippen LogP contribution >= 0.6 is 0 Å². The van der Waals surface area contributed by atoms with Gasteiger partial charge >= 0.3 is 5.69 Å². The molecule has 4 nitrogen and oxygen atoms in total. The maximum atomic E-state index is 11.5. The van der Waals surface area contributed by atoms with E-state index in [0.29, 0.717) is 6.10 Å². The average molecular weight is 210 g/mol. The van der Waals surface area contributed by atoms with E-state index in [1.165, 1.54) is 12.8 Å². The minimum Gasteiger partial charge on any atom is -0.378 e. The first-order valence-electron chi connectivity index (χ1n) is 5.61. The zero-order valence-corrected chi connectivity index (χ0v) is 9.19. The van der Waals surface area contributed by atoms with Gasteiger partial charge in [-0.3, -0.25) is 4.57 Å². The predicted molar refractivity (Wildman–Crippen MR) is 57.9 cm³/mol. The number of hydrogen-bond donors (Lipinski definition) is 0. The lowest BCUT2D eigenvalue weighted by atomic mass is 10.1. The molecular formula is C11H18N2O2. The van der Waals surface area contributed by atoms with E-state index >= 15 is 0 Å². The lowest BCUT2D eigenvalue weighted by Gasteiger charge is -2.08. The highest BCUT2D eigenvalue weighted by Crippen LogP contribution is 2.16. The first kappa shape index (κ1) is 10.5. The molecule has 0 bridgehead atoms. The van der Waals surface area contributed by atoms with Gasteiger partial charge in [-0.05, 0) is 25.7 Å². The van der Waals surface area contributed by atoms with Gasteiger partial charge in [-0.2, -0.15) is 0 Å². The van der Waals surface area contributed by atoms with E-state index in [1.54, 1.807) is 22.4 Å². The van der Waals surface area contributed by atoms with Crippen LogP contribution in [0.1, 0.15) is 25.7 Å². The largest absolute Gasteiger partial charge is 0.378 e. The van der Waals surface area contributed by atoms with Crippen molar-refractivity contribution in [1.82, 2.24) is 9.13 Å². The molecular weight excluding hydrogens is 192 g/mol. The second-order valence-corrected chi connectivity index (χ2v) is 4.16. The van der Waals surface area contributed by atoms with Crippen molar-refractivity contribution in [2.24, 2.45) is 7.05 Å². The number of rotatable bonds is 4. The van der Waals surface area contributed by atoms with Crippen molar-refractivity contribution in [3.05, 3.63) is 22.9 Å². The summed E-state index contributed by atoms with van der Waals surface area (Å²) in [6, 6.07) is 0. The van der Waals surface area contributed by atoms with Gasteiger partial charge in [-0.15, -0.1) is 0 Å². The highest BCUT2D eigenvalue weighted by atomic mass is 16.5. The van der Waals surface area contributed by atoms with Crippen LogP contribution in [0.3, 0.4) is 0 Å². The quantitative estimate of drug-likeness (QED) is 0.747. The molecule has 1 aromatic rings. The van der Waals surface area contributed by atoms with Gasteiger partial charge in [0.25, 0.3) is 0 Å². The molecule has 1 aromatic heterocycles. The maximum Gasteiger partial charge on any atom is 0.327 e. The summed E-state index contributed by atoms with van der Waals surface area (Å²) < 4.78 is 8.90. The van der Waals surface area contributed by atoms with Crippen molar-refractivity contribution in [3.8, 4) is 0 Å². The number of nitrogens with zero attached hydrogens (tertiary/aromatic N) is 2. The Morgan fingerprint density at radius 1 is 1.53 bits per heavy atom. The summed E-state index contributed by atoms with van der Waals surface area (Å²) in [7, 11) is 1.78. The number of ether oxygens (including phenoxy) is 1. The highest BCUT2D eigenvalue weighted by molar-refractivity contribution is 4.79. The van der Waals surface area contributed by atoms with Gasteiger partial charge in [0.2, 0.25) is 0 Å². The molecule has 1 atom stereocenters. The van der Waals surface area contributed by atoms with Gasteiger partial charge in [0.1, 0.15) is 0 Å². The molecule has 1 fully saturated rings. The molecule has 0 N–H and O–H groups in total. The van der Waals surface area contributed by atoms with Gasteiger partial charge in [-0.1, -0.05) is 0 Å². The Bertz CT molecular complexity index is 361. The van der Waals surface area contributed by atoms with Gasteiger partial charge in [0.15, 0.2) is 0 Å². The zero-order chi connectivity index (χ0) is 10.7. The highest BCUT2D eigenvalue weighted by Gasteiger charge is 2.14. The Morgan fingerprint density at radius 2 is 2.40 bits per heavy atom. The molecule has 15 heavy (non-hydrogen) atoms. The SMILES string of the molecule is Cn1ccn(CCCC2CCCO2)c1=O. The van der Waals surface area contributed by atoms with Crippen molar-refractivity contribution >= 4 is 0 Å². The van der Waals surface area contributed by atoms with Crippen LogP contribution in [0, 0.1) is 0 Å². The second kappa shape index (κ2) is 4.66. The first-order chi connectivity index (χ1) is 7.27. The van der Waals surface area contributed by atoms with Crippen molar-refractivity contribution in [2.75, 3.05) is 6.61 Å². The van der Waals surface area contributed by atoms with E-state index in [-0.39, 0.29) is 5.69 Å². The van der Waals surface area contributed by atoms with E-state index in [1.807, 2.05) is 6.20 Å². The van der Waals surface area contributed by atoms with Crippen molar-refractivity contribution < 1.29 is 4.74 Å². The summed E-state index contributed by atoms with van der Waals surface area (Å²) in [5, 5.41) is 0. The topological polar surface area (TPSA) is 36.2 Å². The fourth-order valence-corrected chi connectivity index (χ4v) is 2.04. The van der Waals surface area contributed by atoms with Crippen LogP contribution in [0.25, 0.3) is 0 Å². The van der Waals surface area contributed by atoms with Crippen LogP contribution < -0.4 is 5.69 Å². The van der Waals surface area contributed by atoms with Crippen LogP contribution in [0.2, 0.25) is 0 Å². The van der Waals surface area contributed by atoms with E-state index in [0.717, 1.165) is 26.0 Å². The minimum absolute atomic E-state index is 0.0716. The molecule has 84 valence electrons. The molecule has 4 heteroatoms. The molecule has 1 unspecified atom stereocenters. The van der Waals surface area contributed by atoms with Crippen LogP contribution in [0.4, 0.5) is 0 Å². The summed E-state index contributed by atoms with van der Waals surface area (Å²) in [6.07, 6.45) is 8.55. The Balaban J connectivity index is 1.78. The predicted octanol–water partition coefficient (Wildman–Crippen LogP) is 1.15.